The molecule has 1 aromatic carbocycles. The van der Waals surface area contributed by atoms with Crippen LogP contribution in [-0.2, 0) is 11.3 Å². The predicted octanol–water partition coefficient (Wildman–Crippen LogP) is 2.06. The molecule has 3 aromatic rings. The van der Waals surface area contributed by atoms with Crippen LogP contribution >= 0.6 is 0 Å². The molecule has 0 radical (unpaired) electrons. The van der Waals surface area contributed by atoms with E-state index in [1.54, 1.807) is 23.4 Å². The third-order valence-corrected chi connectivity index (χ3v) is 4.47. The number of amides is 2. The molecular formula is C22H25N5O3. The zero-order valence-electron chi connectivity index (χ0n) is 17.1. The summed E-state index contributed by atoms with van der Waals surface area (Å²) in [6.07, 6.45) is 3.42. The van der Waals surface area contributed by atoms with Gasteiger partial charge in [-0.3, -0.25) is 14.6 Å². The highest BCUT2D eigenvalue weighted by Crippen LogP contribution is 2.19. The SMILES string of the molecule is CN(C)CCN(Cc1cccnc1)C(=O)CNC(=O)c1cc(-c2ccccc2)on1. The van der Waals surface area contributed by atoms with E-state index in [2.05, 4.69) is 15.5 Å². The van der Waals surface area contributed by atoms with E-state index in [1.165, 1.54) is 0 Å². The van der Waals surface area contributed by atoms with Gasteiger partial charge in [-0.25, -0.2) is 0 Å². The second-order valence-corrected chi connectivity index (χ2v) is 7.10. The minimum absolute atomic E-state index is 0.125. The topological polar surface area (TPSA) is 91.6 Å². The lowest BCUT2D eigenvalue weighted by Crippen LogP contribution is -2.42. The van der Waals surface area contributed by atoms with E-state index >= 15 is 0 Å². The third-order valence-electron chi connectivity index (χ3n) is 4.47. The Balaban J connectivity index is 1.59. The third kappa shape index (κ3) is 5.99. The maximum absolute atomic E-state index is 12.8. The monoisotopic (exact) mass is 407 g/mol. The van der Waals surface area contributed by atoms with Gasteiger partial charge in [0.25, 0.3) is 5.91 Å². The fraction of sp³-hybridized carbons (Fsp3) is 0.273. The van der Waals surface area contributed by atoms with Gasteiger partial charge in [0, 0.05) is 43.7 Å². The van der Waals surface area contributed by atoms with Gasteiger partial charge in [-0.2, -0.15) is 0 Å². The molecule has 0 aliphatic carbocycles. The quantitative estimate of drug-likeness (QED) is 0.584. The Kier molecular flexibility index (Phi) is 7.29. The number of likely N-dealkylation sites (N-methyl/N-ethyl adjacent to an activating group) is 1. The van der Waals surface area contributed by atoms with Crippen LogP contribution in [0.25, 0.3) is 11.3 Å². The number of carbonyl (C=O) groups is 2. The summed E-state index contributed by atoms with van der Waals surface area (Å²) in [6, 6.07) is 14.7. The zero-order valence-corrected chi connectivity index (χ0v) is 17.1. The van der Waals surface area contributed by atoms with E-state index in [-0.39, 0.29) is 18.1 Å². The molecule has 0 saturated heterocycles. The van der Waals surface area contributed by atoms with Gasteiger partial charge in [-0.15, -0.1) is 0 Å². The molecule has 0 saturated carbocycles. The lowest BCUT2D eigenvalue weighted by molar-refractivity contribution is -0.130. The Labute approximate surface area is 175 Å². The van der Waals surface area contributed by atoms with Crippen molar-refractivity contribution in [3.05, 3.63) is 72.2 Å². The van der Waals surface area contributed by atoms with Gasteiger partial charge in [0.05, 0.1) is 6.54 Å². The van der Waals surface area contributed by atoms with E-state index in [1.807, 2.05) is 61.5 Å². The summed E-state index contributed by atoms with van der Waals surface area (Å²) in [5.74, 6) is -0.139. The molecule has 0 unspecified atom stereocenters. The molecule has 8 nitrogen and oxygen atoms in total. The summed E-state index contributed by atoms with van der Waals surface area (Å²) in [7, 11) is 3.90. The van der Waals surface area contributed by atoms with Crippen molar-refractivity contribution in [3.8, 4) is 11.3 Å². The highest BCUT2D eigenvalue weighted by atomic mass is 16.5. The van der Waals surface area contributed by atoms with Crippen LogP contribution in [-0.4, -0.2) is 65.5 Å². The summed E-state index contributed by atoms with van der Waals surface area (Å²) >= 11 is 0. The molecule has 0 aliphatic rings. The van der Waals surface area contributed by atoms with Crippen molar-refractivity contribution in [2.75, 3.05) is 33.7 Å². The van der Waals surface area contributed by atoms with Crippen LogP contribution in [0.15, 0.2) is 65.4 Å². The Morgan fingerprint density at radius 3 is 2.57 bits per heavy atom. The van der Waals surface area contributed by atoms with E-state index in [9.17, 15) is 9.59 Å². The number of hydrogen-bond acceptors (Lipinski definition) is 6. The van der Waals surface area contributed by atoms with E-state index in [0.29, 0.717) is 25.4 Å². The van der Waals surface area contributed by atoms with E-state index in [0.717, 1.165) is 11.1 Å². The summed E-state index contributed by atoms with van der Waals surface area (Å²) in [6.45, 7) is 1.56. The van der Waals surface area contributed by atoms with Crippen LogP contribution in [0.1, 0.15) is 16.1 Å². The fourth-order valence-corrected chi connectivity index (χ4v) is 2.80. The molecule has 0 fully saturated rings. The van der Waals surface area contributed by atoms with Crippen LogP contribution in [0.3, 0.4) is 0 Å². The minimum Gasteiger partial charge on any atom is -0.355 e. The lowest BCUT2D eigenvalue weighted by Gasteiger charge is -2.24. The maximum atomic E-state index is 12.8. The molecule has 2 heterocycles. The summed E-state index contributed by atoms with van der Waals surface area (Å²) in [5.41, 5.74) is 1.89. The maximum Gasteiger partial charge on any atom is 0.273 e. The van der Waals surface area contributed by atoms with Crippen molar-refractivity contribution in [3.63, 3.8) is 0 Å². The Morgan fingerprint density at radius 2 is 1.87 bits per heavy atom. The fourth-order valence-electron chi connectivity index (χ4n) is 2.80. The Bertz CT molecular complexity index is 957. The molecule has 156 valence electrons. The van der Waals surface area contributed by atoms with Crippen molar-refractivity contribution >= 4 is 11.8 Å². The van der Waals surface area contributed by atoms with E-state index in [4.69, 9.17) is 4.52 Å². The number of hydrogen-bond donors (Lipinski definition) is 1. The summed E-state index contributed by atoms with van der Waals surface area (Å²) in [4.78, 5) is 33.0. The Hall–Kier alpha value is -3.52. The van der Waals surface area contributed by atoms with Crippen LogP contribution in [0.5, 0.6) is 0 Å². The average Bonchev–Trinajstić information content (AvgIpc) is 3.26. The molecule has 2 amide bonds. The summed E-state index contributed by atoms with van der Waals surface area (Å²) in [5, 5.41) is 6.45. The number of nitrogens with one attached hydrogen (secondary N) is 1. The number of carbonyl (C=O) groups excluding carboxylic acids is 2. The van der Waals surface area contributed by atoms with Crippen LogP contribution in [0.2, 0.25) is 0 Å². The first kappa shape index (κ1) is 21.2. The highest BCUT2D eigenvalue weighted by Gasteiger charge is 2.18. The van der Waals surface area contributed by atoms with Crippen molar-refractivity contribution in [2.24, 2.45) is 0 Å². The molecule has 3 rings (SSSR count). The van der Waals surface area contributed by atoms with Crippen molar-refractivity contribution in [2.45, 2.75) is 6.54 Å². The first-order chi connectivity index (χ1) is 14.5. The number of aromatic nitrogens is 2. The second-order valence-electron chi connectivity index (χ2n) is 7.10. The van der Waals surface area contributed by atoms with Gasteiger partial charge in [-0.05, 0) is 25.7 Å². The van der Waals surface area contributed by atoms with Gasteiger partial charge in [0.15, 0.2) is 11.5 Å². The smallest absolute Gasteiger partial charge is 0.273 e. The van der Waals surface area contributed by atoms with Gasteiger partial charge < -0.3 is 19.6 Å². The summed E-state index contributed by atoms with van der Waals surface area (Å²) < 4.78 is 5.25. The first-order valence-electron chi connectivity index (χ1n) is 9.64. The van der Waals surface area contributed by atoms with Gasteiger partial charge >= 0.3 is 0 Å². The van der Waals surface area contributed by atoms with E-state index < -0.39 is 5.91 Å². The molecule has 0 bridgehead atoms. The van der Waals surface area contributed by atoms with Crippen molar-refractivity contribution in [1.29, 1.82) is 0 Å². The molecule has 1 N–H and O–H groups in total. The molecule has 0 spiro atoms. The van der Waals surface area contributed by atoms with Crippen molar-refractivity contribution in [1.82, 2.24) is 25.3 Å². The average molecular weight is 407 g/mol. The number of pyridine rings is 1. The largest absolute Gasteiger partial charge is 0.355 e. The molecular weight excluding hydrogens is 382 g/mol. The molecule has 0 atom stereocenters. The lowest BCUT2D eigenvalue weighted by atomic mass is 10.1. The molecule has 2 aromatic heterocycles. The van der Waals surface area contributed by atoms with Gasteiger partial charge in [0.2, 0.25) is 5.91 Å². The second kappa shape index (κ2) is 10.3. The predicted molar refractivity (Wildman–Crippen MR) is 112 cm³/mol. The van der Waals surface area contributed by atoms with Gasteiger partial charge in [-0.1, -0.05) is 41.6 Å². The minimum atomic E-state index is -0.455. The van der Waals surface area contributed by atoms with Gasteiger partial charge in [0.1, 0.15) is 0 Å². The van der Waals surface area contributed by atoms with Crippen LogP contribution < -0.4 is 5.32 Å². The molecule has 8 heteroatoms. The number of rotatable bonds is 9. The zero-order chi connectivity index (χ0) is 21.3. The Morgan fingerprint density at radius 1 is 1.07 bits per heavy atom. The van der Waals surface area contributed by atoms with Crippen molar-refractivity contribution < 1.29 is 14.1 Å². The highest BCUT2D eigenvalue weighted by molar-refractivity contribution is 5.95. The number of nitrogens with zero attached hydrogens (tertiary/aromatic N) is 4. The number of benzene rings is 1. The standard InChI is InChI=1S/C22H25N5O3/c1-26(2)11-12-27(16-17-7-6-10-23-14-17)21(28)15-24-22(29)19-13-20(30-25-19)18-8-4-3-5-9-18/h3-10,13-14H,11-12,15-16H2,1-2H3,(H,24,29). The molecule has 30 heavy (non-hydrogen) atoms. The first-order valence-corrected chi connectivity index (χ1v) is 9.64. The normalized spacial score (nSPS) is 10.8. The molecule has 0 aliphatic heterocycles. The van der Waals surface area contributed by atoms with Crippen LogP contribution in [0, 0.1) is 0 Å². The van der Waals surface area contributed by atoms with Crippen LogP contribution in [0.4, 0.5) is 0 Å².